The van der Waals surface area contributed by atoms with E-state index in [1.54, 1.807) is 20.3 Å². The highest BCUT2D eigenvalue weighted by Crippen LogP contribution is 2.33. The summed E-state index contributed by atoms with van der Waals surface area (Å²) in [5, 5.41) is 8.99. The number of ether oxygens (including phenoxy) is 2. The van der Waals surface area contributed by atoms with Crippen molar-refractivity contribution in [3.05, 3.63) is 18.0 Å². The first kappa shape index (κ1) is 17.1. The van der Waals surface area contributed by atoms with Gasteiger partial charge < -0.3 is 24.9 Å². The predicted octanol–water partition coefficient (Wildman–Crippen LogP) is 2.33. The number of hydrogen-bond donors (Lipinski definition) is 2. The van der Waals surface area contributed by atoms with Gasteiger partial charge in [-0.1, -0.05) is 13.3 Å². The van der Waals surface area contributed by atoms with Crippen LogP contribution in [0.15, 0.2) is 12.1 Å². The van der Waals surface area contributed by atoms with E-state index < -0.39 is 5.97 Å². The molecule has 0 saturated carbocycles. The lowest BCUT2D eigenvalue weighted by Crippen LogP contribution is -2.17. The van der Waals surface area contributed by atoms with Gasteiger partial charge in [-0.25, -0.2) is 4.98 Å². The van der Waals surface area contributed by atoms with Gasteiger partial charge in [0.25, 0.3) is 0 Å². The molecule has 0 aliphatic carbocycles. The van der Waals surface area contributed by atoms with Crippen molar-refractivity contribution in [1.82, 2.24) is 9.55 Å². The first-order chi connectivity index (χ1) is 11.0. The summed E-state index contributed by atoms with van der Waals surface area (Å²) in [6.07, 6.45) is 1.71. The minimum atomic E-state index is -0.859. The number of carbonyl (C=O) groups is 1. The number of benzene rings is 1. The summed E-state index contributed by atoms with van der Waals surface area (Å²) in [4.78, 5) is 15.6. The van der Waals surface area contributed by atoms with E-state index in [0.29, 0.717) is 23.9 Å². The van der Waals surface area contributed by atoms with E-state index in [1.165, 1.54) is 0 Å². The summed E-state index contributed by atoms with van der Waals surface area (Å²) in [5.41, 5.74) is 7.74. The molecule has 126 valence electrons. The standard InChI is InChI=1S/C16H23N3O4/c1-4-5-10(17)16-18-11-8-13(22-2)14(23-3)9-12(11)19(16)7-6-15(20)21/h8-10H,4-7,17H2,1-3H3,(H,20,21). The Morgan fingerprint density at radius 1 is 1.35 bits per heavy atom. The third kappa shape index (κ3) is 3.56. The highest BCUT2D eigenvalue weighted by molar-refractivity contribution is 5.81. The van der Waals surface area contributed by atoms with Crippen molar-refractivity contribution in [1.29, 1.82) is 0 Å². The van der Waals surface area contributed by atoms with Crippen LogP contribution in [0.4, 0.5) is 0 Å². The highest BCUT2D eigenvalue weighted by atomic mass is 16.5. The van der Waals surface area contributed by atoms with Crippen LogP contribution in [0.1, 0.15) is 38.1 Å². The molecule has 0 fully saturated rings. The van der Waals surface area contributed by atoms with Crippen molar-refractivity contribution < 1.29 is 19.4 Å². The molecule has 0 aliphatic rings. The van der Waals surface area contributed by atoms with E-state index in [1.807, 2.05) is 10.6 Å². The number of methoxy groups -OCH3 is 2. The van der Waals surface area contributed by atoms with Crippen LogP contribution in [-0.2, 0) is 11.3 Å². The molecule has 1 aromatic heterocycles. The number of nitrogens with zero attached hydrogens (tertiary/aromatic N) is 2. The molecule has 2 rings (SSSR count). The number of hydrogen-bond acceptors (Lipinski definition) is 5. The van der Waals surface area contributed by atoms with Gasteiger partial charge in [0.05, 0.1) is 37.7 Å². The summed E-state index contributed by atoms with van der Waals surface area (Å²) in [7, 11) is 3.13. The van der Waals surface area contributed by atoms with Crippen LogP contribution in [0.5, 0.6) is 11.5 Å². The van der Waals surface area contributed by atoms with Crippen LogP contribution >= 0.6 is 0 Å². The summed E-state index contributed by atoms with van der Waals surface area (Å²) >= 11 is 0. The summed E-state index contributed by atoms with van der Waals surface area (Å²) < 4.78 is 12.5. The van der Waals surface area contributed by atoms with Gasteiger partial charge in [-0.05, 0) is 6.42 Å². The van der Waals surface area contributed by atoms with Gasteiger partial charge in [0.15, 0.2) is 11.5 Å². The minimum absolute atomic E-state index is 0.00560. The molecule has 1 heterocycles. The number of fused-ring (bicyclic) bond motifs is 1. The molecule has 0 aliphatic heterocycles. The number of rotatable bonds is 8. The summed E-state index contributed by atoms with van der Waals surface area (Å²) in [6, 6.07) is 3.36. The largest absolute Gasteiger partial charge is 0.493 e. The molecule has 23 heavy (non-hydrogen) atoms. The van der Waals surface area contributed by atoms with Crippen LogP contribution in [0.25, 0.3) is 11.0 Å². The second-order valence-electron chi connectivity index (χ2n) is 5.36. The van der Waals surface area contributed by atoms with E-state index in [9.17, 15) is 4.79 Å². The molecule has 1 aromatic carbocycles. The fraction of sp³-hybridized carbons (Fsp3) is 0.500. The molecule has 0 bridgehead atoms. The number of aromatic nitrogens is 2. The number of aliphatic carboxylic acids is 1. The molecule has 7 nitrogen and oxygen atoms in total. The molecule has 0 saturated heterocycles. The SMILES string of the molecule is CCCC(N)c1nc2cc(OC)c(OC)cc2n1CCC(=O)O. The number of carboxylic acid groups (broad SMARTS) is 1. The molecule has 0 amide bonds. The van der Waals surface area contributed by atoms with Crippen molar-refractivity contribution in [2.24, 2.45) is 5.73 Å². The van der Waals surface area contributed by atoms with Crippen LogP contribution in [-0.4, -0.2) is 34.8 Å². The normalized spacial score (nSPS) is 12.3. The van der Waals surface area contributed by atoms with Gasteiger partial charge in [0.1, 0.15) is 5.82 Å². The van der Waals surface area contributed by atoms with Crippen molar-refractivity contribution in [2.75, 3.05) is 14.2 Å². The third-order valence-electron chi connectivity index (χ3n) is 3.76. The Hall–Kier alpha value is -2.28. The smallest absolute Gasteiger partial charge is 0.305 e. The van der Waals surface area contributed by atoms with Crippen molar-refractivity contribution in [3.8, 4) is 11.5 Å². The Morgan fingerprint density at radius 2 is 2.00 bits per heavy atom. The predicted molar refractivity (Wildman–Crippen MR) is 86.9 cm³/mol. The quantitative estimate of drug-likeness (QED) is 0.774. The van der Waals surface area contributed by atoms with E-state index >= 15 is 0 Å². The number of aryl methyl sites for hydroxylation is 1. The number of imidazole rings is 1. The average Bonchev–Trinajstić information content (AvgIpc) is 2.89. The van der Waals surface area contributed by atoms with Crippen LogP contribution < -0.4 is 15.2 Å². The van der Waals surface area contributed by atoms with Gasteiger partial charge in [0.2, 0.25) is 0 Å². The maximum atomic E-state index is 11.0. The molecule has 7 heteroatoms. The Morgan fingerprint density at radius 3 is 2.57 bits per heavy atom. The third-order valence-corrected chi connectivity index (χ3v) is 3.76. The maximum absolute atomic E-state index is 11.0. The average molecular weight is 321 g/mol. The first-order valence-electron chi connectivity index (χ1n) is 7.61. The van der Waals surface area contributed by atoms with Gasteiger partial charge in [-0.3, -0.25) is 4.79 Å². The zero-order chi connectivity index (χ0) is 17.0. The molecule has 2 aromatic rings. The minimum Gasteiger partial charge on any atom is -0.493 e. The van der Waals surface area contributed by atoms with Crippen molar-refractivity contribution >= 4 is 17.0 Å². The van der Waals surface area contributed by atoms with Crippen LogP contribution in [0.2, 0.25) is 0 Å². The molecular formula is C16H23N3O4. The first-order valence-corrected chi connectivity index (χ1v) is 7.61. The summed E-state index contributed by atoms with van der Waals surface area (Å²) in [5.74, 6) is 0.992. The molecular weight excluding hydrogens is 298 g/mol. The fourth-order valence-corrected chi connectivity index (χ4v) is 2.64. The van der Waals surface area contributed by atoms with Crippen LogP contribution in [0, 0.1) is 0 Å². The Labute approximate surface area is 135 Å². The van der Waals surface area contributed by atoms with Crippen LogP contribution in [0.3, 0.4) is 0 Å². The van der Waals surface area contributed by atoms with Crippen molar-refractivity contribution in [2.45, 2.75) is 38.8 Å². The van der Waals surface area contributed by atoms with Gasteiger partial charge in [-0.15, -0.1) is 0 Å². The molecule has 3 N–H and O–H groups in total. The second-order valence-corrected chi connectivity index (χ2v) is 5.36. The van der Waals surface area contributed by atoms with E-state index in [-0.39, 0.29) is 12.5 Å². The van der Waals surface area contributed by atoms with Gasteiger partial charge in [0, 0.05) is 18.7 Å². The topological polar surface area (TPSA) is 99.6 Å². The Balaban J connectivity index is 2.58. The van der Waals surface area contributed by atoms with Gasteiger partial charge >= 0.3 is 5.97 Å². The zero-order valence-corrected chi connectivity index (χ0v) is 13.7. The van der Waals surface area contributed by atoms with E-state index in [4.69, 9.17) is 20.3 Å². The van der Waals surface area contributed by atoms with E-state index in [2.05, 4.69) is 11.9 Å². The molecule has 0 spiro atoms. The second kappa shape index (κ2) is 7.32. The Kier molecular flexibility index (Phi) is 5.44. The van der Waals surface area contributed by atoms with Gasteiger partial charge in [-0.2, -0.15) is 0 Å². The highest BCUT2D eigenvalue weighted by Gasteiger charge is 2.19. The zero-order valence-electron chi connectivity index (χ0n) is 13.7. The fourth-order valence-electron chi connectivity index (χ4n) is 2.64. The summed E-state index contributed by atoms with van der Waals surface area (Å²) in [6.45, 7) is 2.37. The molecule has 0 radical (unpaired) electrons. The van der Waals surface area contributed by atoms with Crippen molar-refractivity contribution in [3.63, 3.8) is 0 Å². The molecule has 1 unspecified atom stereocenters. The number of nitrogens with two attached hydrogens (primary N) is 1. The lowest BCUT2D eigenvalue weighted by Gasteiger charge is -2.14. The lowest BCUT2D eigenvalue weighted by molar-refractivity contribution is -0.137. The Bertz CT molecular complexity index is 696. The number of carboxylic acids is 1. The molecule has 1 atom stereocenters. The maximum Gasteiger partial charge on any atom is 0.305 e. The monoisotopic (exact) mass is 321 g/mol. The van der Waals surface area contributed by atoms with E-state index in [0.717, 1.165) is 23.9 Å². The lowest BCUT2D eigenvalue weighted by atomic mass is 10.1.